The minimum atomic E-state index is -0.923. The van der Waals surface area contributed by atoms with Gasteiger partial charge in [-0.1, -0.05) is 25.7 Å². The molecule has 1 aliphatic rings. The van der Waals surface area contributed by atoms with E-state index in [1.165, 1.54) is 14.2 Å². The minimum Gasteiger partial charge on any atom is -0.467 e. The molecule has 1 aliphatic carbocycles. The number of carbonyl (C=O) groups is 2. The first kappa shape index (κ1) is 15.9. The van der Waals surface area contributed by atoms with E-state index in [0.29, 0.717) is 12.8 Å². The number of amides is 1. The highest BCUT2D eigenvalue weighted by molar-refractivity contribution is 5.90. The topological polar surface area (TPSA) is 90.6 Å². The van der Waals surface area contributed by atoms with Crippen LogP contribution in [0.2, 0.25) is 0 Å². The molecule has 1 fully saturated rings. The third-order valence-corrected chi connectivity index (χ3v) is 3.58. The molecule has 1 unspecified atom stereocenters. The standard InChI is InChI=1S/C13H24N2O4/c1-18-9-10(14)11(16)15-13(12(17)19-2)7-5-3-4-6-8-13/h10H,3-9,14H2,1-2H3,(H,15,16). The third kappa shape index (κ3) is 4.18. The van der Waals surface area contributed by atoms with Crippen molar-refractivity contribution in [2.24, 2.45) is 5.73 Å². The number of nitrogens with two attached hydrogens (primary N) is 1. The molecule has 3 N–H and O–H groups in total. The van der Waals surface area contributed by atoms with Crippen molar-refractivity contribution in [1.82, 2.24) is 5.32 Å². The lowest BCUT2D eigenvalue weighted by molar-refractivity contribution is -0.152. The van der Waals surface area contributed by atoms with Gasteiger partial charge in [-0.05, 0) is 12.8 Å². The van der Waals surface area contributed by atoms with E-state index in [1.54, 1.807) is 0 Å². The Morgan fingerprint density at radius 1 is 1.21 bits per heavy atom. The van der Waals surface area contributed by atoms with E-state index < -0.39 is 11.6 Å². The van der Waals surface area contributed by atoms with E-state index in [1.807, 2.05) is 0 Å². The van der Waals surface area contributed by atoms with Crippen LogP contribution in [0, 0.1) is 0 Å². The number of nitrogens with one attached hydrogen (secondary N) is 1. The molecule has 0 saturated heterocycles. The summed E-state index contributed by atoms with van der Waals surface area (Å²) in [6.45, 7) is 0.128. The predicted octanol–water partition coefficient (Wildman–Crippen LogP) is 0.342. The first-order chi connectivity index (χ1) is 9.05. The van der Waals surface area contributed by atoms with E-state index in [-0.39, 0.29) is 18.5 Å². The Hall–Kier alpha value is -1.14. The van der Waals surface area contributed by atoms with Gasteiger partial charge in [0.15, 0.2) is 0 Å². The van der Waals surface area contributed by atoms with E-state index in [2.05, 4.69) is 5.32 Å². The largest absolute Gasteiger partial charge is 0.467 e. The van der Waals surface area contributed by atoms with Gasteiger partial charge in [0.1, 0.15) is 11.6 Å². The van der Waals surface area contributed by atoms with Crippen LogP contribution in [0.1, 0.15) is 38.5 Å². The summed E-state index contributed by atoms with van der Waals surface area (Å²) in [5.74, 6) is -0.749. The van der Waals surface area contributed by atoms with Gasteiger partial charge in [0.05, 0.1) is 13.7 Å². The molecule has 6 nitrogen and oxygen atoms in total. The Morgan fingerprint density at radius 2 is 1.79 bits per heavy atom. The monoisotopic (exact) mass is 272 g/mol. The average Bonchev–Trinajstić information content (AvgIpc) is 2.64. The van der Waals surface area contributed by atoms with Gasteiger partial charge in [0.25, 0.3) is 0 Å². The Labute approximate surface area is 114 Å². The van der Waals surface area contributed by atoms with Crippen molar-refractivity contribution in [3.63, 3.8) is 0 Å². The zero-order chi connectivity index (χ0) is 14.3. The summed E-state index contributed by atoms with van der Waals surface area (Å²) >= 11 is 0. The van der Waals surface area contributed by atoms with Crippen molar-refractivity contribution in [3.8, 4) is 0 Å². The molecule has 0 heterocycles. The van der Waals surface area contributed by atoms with Crippen LogP contribution >= 0.6 is 0 Å². The SMILES string of the molecule is COCC(N)C(=O)NC1(C(=O)OC)CCCCCC1. The second kappa shape index (κ2) is 7.45. The molecule has 0 aliphatic heterocycles. The van der Waals surface area contributed by atoms with Crippen LogP contribution in [0.15, 0.2) is 0 Å². The maximum absolute atomic E-state index is 12.0. The fraction of sp³-hybridized carbons (Fsp3) is 0.846. The fourth-order valence-electron chi connectivity index (χ4n) is 2.49. The van der Waals surface area contributed by atoms with E-state index >= 15 is 0 Å². The second-order valence-electron chi connectivity index (χ2n) is 5.04. The molecule has 19 heavy (non-hydrogen) atoms. The van der Waals surface area contributed by atoms with Gasteiger partial charge >= 0.3 is 5.97 Å². The zero-order valence-electron chi connectivity index (χ0n) is 11.7. The molecule has 0 bridgehead atoms. The van der Waals surface area contributed by atoms with Gasteiger partial charge in [-0.2, -0.15) is 0 Å². The molecule has 0 aromatic rings. The summed E-state index contributed by atoms with van der Waals surface area (Å²) in [4.78, 5) is 24.1. The third-order valence-electron chi connectivity index (χ3n) is 3.58. The number of hydrogen-bond acceptors (Lipinski definition) is 5. The van der Waals surface area contributed by atoms with Crippen LogP contribution in [0.3, 0.4) is 0 Å². The molecule has 0 radical (unpaired) electrons. The number of ether oxygens (including phenoxy) is 2. The van der Waals surface area contributed by atoms with Crippen LogP contribution < -0.4 is 11.1 Å². The van der Waals surface area contributed by atoms with Gasteiger partial charge in [0.2, 0.25) is 5.91 Å². The molecule has 1 amide bonds. The normalized spacial score (nSPS) is 20.2. The van der Waals surface area contributed by atoms with Gasteiger partial charge < -0.3 is 20.5 Å². The number of carbonyl (C=O) groups excluding carboxylic acids is 2. The molecular weight excluding hydrogens is 248 g/mol. The summed E-state index contributed by atoms with van der Waals surface area (Å²) < 4.78 is 9.72. The lowest BCUT2D eigenvalue weighted by atomic mass is 9.89. The van der Waals surface area contributed by atoms with E-state index in [4.69, 9.17) is 15.2 Å². The zero-order valence-corrected chi connectivity index (χ0v) is 11.7. The van der Waals surface area contributed by atoms with Gasteiger partial charge in [-0.25, -0.2) is 4.79 Å². The summed E-state index contributed by atoms with van der Waals surface area (Å²) in [6.07, 6.45) is 5.14. The molecule has 1 atom stereocenters. The number of esters is 1. The van der Waals surface area contributed by atoms with Crippen LogP contribution in [-0.2, 0) is 19.1 Å². The van der Waals surface area contributed by atoms with Crippen molar-refractivity contribution in [1.29, 1.82) is 0 Å². The molecule has 0 aromatic carbocycles. The lowest BCUT2D eigenvalue weighted by Gasteiger charge is -2.31. The Bertz CT molecular complexity index is 312. The van der Waals surface area contributed by atoms with Crippen molar-refractivity contribution in [2.75, 3.05) is 20.8 Å². The van der Waals surface area contributed by atoms with Crippen LogP contribution in [-0.4, -0.2) is 44.3 Å². The number of hydrogen-bond donors (Lipinski definition) is 2. The first-order valence-corrected chi connectivity index (χ1v) is 6.70. The second-order valence-corrected chi connectivity index (χ2v) is 5.04. The van der Waals surface area contributed by atoms with Crippen molar-refractivity contribution in [3.05, 3.63) is 0 Å². The smallest absolute Gasteiger partial charge is 0.331 e. The summed E-state index contributed by atoms with van der Waals surface area (Å²) in [7, 11) is 2.82. The van der Waals surface area contributed by atoms with E-state index in [0.717, 1.165) is 25.7 Å². The Balaban J connectivity index is 2.79. The Morgan fingerprint density at radius 3 is 2.26 bits per heavy atom. The predicted molar refractivity (Wildman–Crippen MR) is 70.4 cm³/mol. The minimum absolute atomic E-state index is 0.128. The maximum Gasteiger partial charge on any atom is 0.331 e. The maximum atomic E-state index is 12.0. The summed E-state index contributed by atoms with van der Waals surface area (Å²) in [5.41, 5.74) is 4.77. The van der Waals surface area contributed by atoms with Crippen LogP contribution in [0.25, 0.3) is 0 Å². The summed E-state index contributed by atoms with van der Waals surface area (Å²) in [5, 5.41) is 2.79. The number of rotatable bonds is 5. The highest BCUT2D eigenvalue weighted by Crippen LogP contribution is 2.28. The molecule has 110 valence electrons. The van der Waals surface area contributed by atoms with Crippen molar-refractivity contribution in [2.45, 2.75) is 50.1 Å². The summed E-state index contributed by atoms with van der Waals surface area (Å²) in [6, 6.07) is -0.769. The van der Waals surface area contributed by atoms with Crippen molar-refractivity contribution < 1.29 is 19.1 Å². The highest BCUT2D eigenvalue weighted by atomic mass is 16.5. The number of methoxy groups -OCH3 is 2. The molecule has 0 aromatic heterocycles. The highest BCUT2D eigenvalue weighted by Gasteiger charge is 2.41. The Kier molecular flexibility index (Phi) is 6.24. The first-order valence-electron chi connectivity index (χ1n) is 6.70. The van der Waals surface area contributed by atoms with Gasteiger partial charge in [-0.3, -0.25) is 4.79 Å². The molecular formula is C13H24N2O4. The van der Waals surface area contributed by atoms with Crippen LogP contribution in [0.4, 0.5) is 0 Å². The van der Waals surface area contributed by atoms with Gasteiger partial charge in [0, 0.05) is 7.11 Å². The lowest BCUT2D eigenvalue weighted by Crippen LogP contribution is -2.59. The van der Waals surface area contributed by atoms with E-state index in [9.17, 15) is 9.59 Å². The van der Waals surface area contributed by atoms with Crippen LogP contribution in [0.5, 0.6) is 0 Å². The quantitative estimate of drug-likeness (QED) is 0.556. The average molecular weight is 272 g/mol. The van der Waals surface area contributed by atoms with Crippen molar-refractivity contribution >= 4 is 11.9 Å². The van der Waals surface area contributed by atoms with Gasteiger partial charge in [-0.15, -0.1) is 0 Å². The molecule has 0 spiro atoms. The molecule has 1 saturated carbocycles. The molecule has 1 rings (SSSR count). The molecule has 6 heteroatoms. The fourth-order valence-corrected chi connectivity index (χ4v) is 2.49.